The van der Waals surface area contributed by atoms with Crippen LogP contribution in [-0.4, -0.2) is 0 Å². The van der Waals surface area contributed by atoms with Crippen molar-refractivity contribution in [1.29, 1.82) is 0 Å². The molecule has 1 saturated carbocycles. The Bertz CT molecular complexity index is 407. The van der Waals surface area contributed by atoms with Crippen LogP contribution >= 0.6 is 0 Å². The molecule has 0 aliphatic heterocycles. The third kappa shape index (κ3) is 3.89. The van der Waals surface area contributed by atoms with Crippen LogP contribution in [0.15, 0.2) is 42.5 Å². The van der Waals surface area contributed by atoms with Gasteiger partial charge in [-0.15, -0.1) is 0 Å². The molecule has 104 valence electrons. The highest BCUT2D eigenvalue weighted by molar-refractivity contribution is 5.21. The first kappa shape index (κ1) is 14.2. The van der Waals surface area contributed by atoms with E-state index in [4.69, 9.17) is 0 Å². The summed E-state index contributed by atoms with van der Waals surface area (Å²) >= 11 is 0. The zero-order valence-corrected chi connectivity index (χ0v) is 11.5. The molecule has 0 radical (unpaired) electrons. The Labute approximate surface area is 114 Å². The van der Waals surface area contributed by atoms with Gasteiger partial charge in [-0.2, -0.15) is 8.78 Å². The quantitative estimate of drug-likeness (QED) is 0.648. The predicted molar refractivity (Wildman–Crippen MR) is 75.2 cm³/mol. The fourth-order valence-electron chi connectivity index (χ4n) is 3.40. The van der Waals surface area contributed by atoms with Crippen molar-refractivity contribution >= 4 is 0 Å². The van der Waals surface area contributed by atoms with Gasteiger partial charge < -0.3 is 0 Å². The summed E-state index contributed by atoms with van der Waals surface area (Å²) in [7, 11) is 0. The fraction of sp³-hybridized carbons (Fsp3) is 0.529. The second kappa shape index (κ2) is 6.83. The number of hydrogen-bond donors (Lipinski definition) is 0. The van der Waals surface area contributed by atoms with Gasteiger partial charge in [0.05, 0.1) is 0 Å². The van der Waals surface area contributed by atoms with Gasteiger partial charge in [0, 0.05) is 0 Å². The molecule has 0 saturated heterocycles. The van der Waals surface area contributed by atoms with Gasteiger partial charge in [0.25, 0.3) is 6.08 Å². The van der Waals surface area contributed by atoms with E-state index < -0.39 is 6.08 Å². The molecule has 0 bridgehead atoms. The summed E-state index contributed by atoms with van der Waals surface area (Å²) < 4.78 is 24.5. The normalized spacial score (nSPS) is 24.8. The molecule has 1 aliphatic carbocycles. The van der Waals surface area contributed by atoms with Crippen molar-refractivity contribution in [3.8, 4) is 0 Å². The lowest BCUT2D eigenvalue weighted by atomic mass is 9.69. The van der Waals surface area contributed by atoms with Gasteiger partial charge in [-0.3, -0.25) is 0 Å². The van der Waals surface area contributed by atoms with Crippen molar-refractivity contribution in [1.82, 2.24) is 0 Å². The molecule has 0 N–H and O–H groups in total. The molecule has 0 nitrogen and oxygen atoms in total. The van der Waals surface area contributed by atoms with Gasteiger partial charge in [-0.1, -0.05) is 50.1 Å². The van der Waals surface area contributed by atoms with E-state index >= 15 is 0 Å². The zero-order chi connectivity index (χ0) is 13.7. The molecule has 1 aromatic carbocycles. The van der Waals surface area contributed by atoms with Crippen molar-refractivity contribution in [2.45, 2.75) is 44.9 Å². The van der Waals surface area contributed by atoms with Crippen LogP contribution in [0.25, 0.3) is 0 Å². The van der Waals surface area contributed by atoms with Crippen molar-refractivity contribution in [2.75, 3.05) is 0 Å². The first-order valence-corrected chi connectivity index (χ1v) is 7.24. The van der Waals surface area contributed by atoms with Crippen molar-refractivity contribution in [3.05, 3.63) is 48.1 Å². The number of benzene rings is 1. The van der Waals surface area contributed by atoms with Gasteiger partial charge in [0.2, 0.25) is 0 Å². The van der Waals surface area contributed by atoms with Crippen LogP contribution < -0.4 is 0 Å². The Morgan fingerprint density at radius 3 is 2.58 bits per heavy atom. The van der Waals surface area contributed by atoms with Gasteiger partial charge in [0.15, 0.2) is 0 Å². The maximum atomic E-state index is 12.2. The first-order chi connectivity index (χ1) is 9.18. The highest BCUT2D eigenvalue weighted by Gasteiger charge is 2.29. The SMILES string of the molecule is CC(CC=C(F)F)C1CCCCC1c1ccccc1. The highest BCUT2D eigenvalue weighted by Crippen LogP contribution is 2.42. The Hall–Kier alpha value is -1.18. The van der Waals surface area contributed by atoms with E-state index in [1.54, 1.807) is 0 Å². The van der Waals surface area contributed by atoms with E-state index in [0.717, 1.165) is 6.08 Å². The third-order valence-electron chi connectivity index (χ3n) is 4.42. The minimum absolute atomic E-state index is 0.326. The van der Waals surface area contributed by atoms with Gasteiger partial charge in [-0.25, -0.2) is 0 Å². The molecular formula is C17H22F2. The van der Waals surface area contributed by atoms with Crippen LogP contribution in [0.4, 0.5) is 8.78 Å². The monoisotopic (exact) mass is 264 g/mol. The summed E-state index contributed by atoms with van der Waals surface area (Å²) in [5, 5.41) is 0. The number of rotatable bonds is 4. The largest absolute Gasteiger partial charge is 0.266 e. The highest BCUT2D eigenvalue weighted by atomic mass is 19.3. The molecule has 1 aliphatic rings. The summed E-state index contributed by atoms with van der Waals surface area (Å²) in [6, 6.07) is 10.5. The van der Waals surface area contributed by atoms with Gasteiger partial charge in [0.1, 0.15) is 0 Å². The van der Waals surface area contributed by atoms with Gasteiger partial charge >= 0.3 is 0 Å². The Morgan fingerprint density at radius 2 is 1.89 bits per heavy atom. The summed E-state index contributed by atoms with van der Waals surface area (Å²) in [6.07, 6.45) is 4.90. The lowest BCUT2D eigenvalue weighted by molar-refractivity contribution is 0.225. The van der Waals surface area contributed by atoms with E-state index in [1.807, 2.05) is 6.07 Å². The average Bonchev–Trinajstić information content (AvgIpc) is 2.45. The second-order valence-corrected chi connectivity index (χ2v) is 5.67. The number of halogens is 2. The Kier molecular flexibility index (Phi) is 5.12. The zero-order valence-electron chi connectivity index (χ0n) is 11.5. The molecule has 3 atom stereocenters. The third-order valence-corrected chi connectivity index (χ3v) is 4.42. The van der Waals surface area contributed by atoms with E-state index in [-0.39, 0.29) is 0 Å². The lowest BCUT2D eigenvalue weighted by Crippen LogP contribution is -2.23. The first-order valence-electron chi connectivity index (χ1n) is 7.24. The van der Waals surface area contributed by atoms with Crippen LogP contribution in [0.5, 0.6) is 0 Å². The Morgan fingerprint density at radius 1 is 1.21 bits per heavy atom. The maximum absolute atomic E-state index is 12.2. The average molecular weight is 264 g/mol. The molecule has 2 rings (SSSR count). The number of allylic oxidation sites excluding steroid dienone is 1. The van der Waals surface area contributed by atoms with E-state index in [2.05, 4.69) is 31.2 Å². The smallest absolute Gasteiger partial charge is 0.174 e. The predicted octanol–water partition coefficient (Wildman–Crippen LogP) is 5.77. The van der Waals surface area contributed by atoms with E-state index in [1.165, 1.54) is 31.2 Å². The minimum Gasteiger partial charge on any atom is -0.174 e. The Balaban J connectivity index is 2.10. The molecule has 1 fully saturated rings. The molecule has 3 unspecified atom stereocenters. The molecule has 0 spiro atoms. The summed E-state index contributed by atoms with van der Waals surface area (Å²) in [4.78, 5) is 0. The van der Waals surface area contributed by atoms with Crippen LogP contribution in [0.1, 0.15) is 50.5 Å². The van der Waals surface area contributed by atoms with E-state index in [9.17, 15) is 8.78 Å². The second-order valence-electron chi connectivity index (χ2n) is 5.67. The van der Waals surface area contributed by atoms with Crippen LogP contribution in [0, 0.1) is 11.8 Å². The molecule has 19 heavy (non-hydrogen) atoms. The van der Waals surface area contributed by atoms with Crippen molar-refractivity contribution in [2.24, 2.45) is 11.8 Å². The molecule has 0 amide bonds. The molecule has 0 heterocycles. The lowest BCUT2D eigenvalue weighted by Gasteiger charge is -2.36. The summed E-state index contributed by atoms with van der Waals surface area (Å²) in [5.74, 6) is 1.40. The fourth-order valence-corrected chi connectivity index (χ4v) is 3.40. The van der Waals surface area contributed by atoms with E-state index in [0.29, 0.717) is 24.2 Å². The van der Waals surface area contributed by atoms with Gasteiger partial charge in [-0.05, 0) is 48.7 Å². The molecule has 1 aromatic rings. The maximum Gasteiger partial charge on any atom is 0.266 e. The minimum atomic E-state index is -1.54. The molecule has 2 heteroatoms. The van der Waals surface area contributed by atoms with Crippen molar-refractivity contribution in [3.63, 3.8) is 0 Å². The van der Waals surface area contributed by atoms with Crippen LogP contribution in [0.3, 0.4) is 0 Å². The molecule has 0 aromatic heterocycles. The summed E-state index contributed by atoms with van der Waals surface area (Å²) in [5.41, 5.74) is 1.38. The topological polar surface area (TPSA) is 0 Å². The standard InChI is InChI=1S/C17H22F2/c1-13(11-12-17(18)19)15-9-5-6-10-16(15)14-7-3-2-4-8-14/h2-4,7-8,12-13,15-16H,5-6,9-11H2,1H3. The molecular weight excluding hydrogens is 242 g/mol. The van der Waals surface area contributed by atoms with Crippen molar-refractivity contribution < 1.29 is 8.78 Å². The van der Waals surface area contributed by atoms with Crippen LogP contribution in [0.2, 0.25) is 0 Å². The summed E-state index contributed by atoms with van der Waals surface area (Å²) in [6.45, 7) is 2.12. The van der Waals surface area contributed by atoms with Crippen LogP contribution in [-0.2, 0) is 0 Å². The number of hydrogen-bond acceptors (Lipinski definition) is 0.